The zero-order chi connectivity index (χ0) is 13.1. The third-order valence-corrected chi connectivity index (χ3v) is 4.30. The van der Waals surface area contributed by atoms with Crippen molar-refractivity contribution >= 4 is 22.2 Å². The van der Waals surface area contributed by atoms with Crippen LogP contribution in [0.15, 0.2) is 54.0 Å². The molecule has 0 saturated heterocycles. The molecular weight excluding hydrogens is 252 g/mol. The van der Waals surface area contributed by atoms with Crippen molar-refractivity contribution in [2.45, 2.75) is 19.5 Å². The lowest BCUT2D eigenvalue weighted by Crippen LogP contribution is -2.17. The van der Waals surface area contributed by atoms with Crippen LogP contribution in [0.25, 0.3) is 10.9 Å². The average Bonchev–Trinajstić information content (AvgIpc) is 2.99. The van der Waals surface area contributed by atoms with Gasteiger partial charge in [-0.2, -0.15) is 0 Å². The summed E-state index contributed by atoms with van der Waals surface area (Å²) >= 11 is 1.80. The largest absolute Gasteiger partial charge is 0.305 e. The molecule has 0 fully saturated rings. The van der Waals surface area contributed by atoms with E-state index in [2.05, 4.69) is 59.0 Å². The number of thiophene rings is 1. The summed E-state index contributed by atoms with van der Waals surface area (Å²) in [5.41, 5.74) is 2.35. The number of nitrogens with one attached hydrogen (secondary N) is 1. The van der Waals surface area contributed by atoms with Crippen molar-refractivity contribution < 1.29 is 0 Å². The highest BCUT2D eigenvalue weighted by molar-refractivity contribution is 7.10. The minimum Gasteiger partial charge on any atom is -0.305 e. The average molecular weight is 268 g/mol. The second kappa shape index (κ2) is 5.51. The normalized spacial score (nSPS) is 12.7. The Bertz CT molecular complexity index is 661. The van der Waals surface area contributed by atoms with Gasteiger partial charge >= 0.3 is 0 Å². The molecule has 0 aliphatic heterocycles. The van der Waals surface area contributed by atoms with E-state index in [0.717, 1.165) is 12.1 Å². The predicted octanol–water partition coefficient (Wildman–Crippen LogP) is 4.15. The van der Waals surface area contributed by atoms with Crippen LogP contribution in [0.5, 0.6) is 0 Å². The first-order chi connectivity index (χ1) is 9.33. The van der Waals surface area contributed by atoms with Crippen LogP contribution >= 0.6 is 11.3 Å². The third-order valence-electron chi connectivity index (χ3n) is 3.25. The second-order valence-electron chi connectivity index (χ2n) is 4.65. The minimum absolute atomic E-state index is 0.393. The molecule has 2 nitrogen and oxygen atoms in total. The van der Waals surface area contributed by atoms with Crippen LogP contribution in [0.1, 0.15) is 23.4 Å². The van der Waals surface area contributed by atoms with E-state index in [1.165, 1.54) is 15.8 Å². The molecule has 1 aromatic carbocycles. The summed E-state index contributed by atoms with van der Waals surface area (Å²) in [5.74, 6) is 0. The Hall–Kier alpha value is -1.71. The topological polar surface area (TPSA) is 24.9 Å². The van der Waals surface area contributed by atoms with E-state index in [-0.39, 0.29) is 0 Å². The molecular formula is C16H16N2S. The van der Waals surface area contributed by atoms with Crippen LogP contribution in [-0.4, -0.2) is 4.98 Å². The maximum Gasteiger partial charge on any atom is 0.0702 e. The summed E-state index contributed by atoms with van der Waals surface area (Å²) in [6.45, 7) is 3.08. The molecule has 3 rings (SSSR count). The van der Waals surface area contributed by atoms with Crippen molar-refractivity contribution in [1.29, 1.82) is 0 Å². The van der Waals surface area contributed by atoms with Gasteiger partial charge < -0.3 is 5.32 Å². The highest BCUT2D eigenvalue weighted by Gasteiger charge is 2.05. The molecule has 0 saturated carbocycles. The Morgan fingerprint density at radius 3 is 3.00 bits per heavy atom. The van der Waals surface area contributed by atoms with Gasteiger partial charge in [0.25, 0.3) is 0 Å². The van der Waals surface area contributed by atoms with Gasteiger partial charge in [-0.25, -0.2) is 0 Å². The molecule has 0 amide bonds. The first kappa shape index (κ1) is 12.3. The van der Waals surface area contributed by atoms with Crippen LogP contribution in [-0.2, 0) is 6.54 Å². The molecule has 3 heteroatoms. The van der Waals surface area contributed by atoms with Gasteiger partial charge in [0.2, 0.25) is 0 Å². The molecule has 0 radical (unpaired) electrons. The van der Waals surface area contributed by atoms with Crippen LogP contribution < -0.4 is 5.32 Å². The number of pyridine rings is 1. The maximum absolute atomic E-state index is 4.34. The number of rotatable bonds is 4. The number of aromatic nitrogens is 1. The molecule has 0 aliphatic rings. The Balaban J connectivity index is 1.71. The summed E-state index contributed by atoms with van der Waals surface area (Å²) < 4.78 is 0. The number of benzene rings is 1. The quantitative estimate of drug-likeness (QED) is 0.769. The van der Waals surface area contributed by atoms with Gasteiger partial charge in [-0.05, 0) is 42.1 Å². The summed E-state index contributed by atoms with van der Waals surface area (Å²) in [6.07, 6.45) is 1.83. The van der Waals surface area contributed by atoms with E-state index in [9.17, 15) is 0 Å². The molecule has 96 valence electrons. The fourth-order valence-electron chi connectivity index (χ4n) is 2.14. The molecule has 0 bridgehead atoms. The monoisotopic (exact) mass is 268 g/mol. The highest BCUT2D eigenvalue weighted by Crippen LogP contribution is 2.19. The molecule has 19 heavy (non-hydrogen) atoms. The van der Waals surface area contributed by atoms with Gasteiger partial charge in [-0.1, -0.05) is 18.2 Å². The highest BCUT2D eigenvalue weighted by atomic mass is 32.1. The van der Waals surface area contributed by atoms with E-state index < -0.39 is 0 Å². The molecule has 0 spiro atoms. The van der Waals surface area contributed by atoms with Crippen molar-refractivity contribution in [3.63, 3.8) is 0 Å². The van der Waals surface area contributed by atoms with Crippen LogP contribution in [0.2, 0.25) is 0 Å². The van der Waals surface area contributed by atoms with Gasteiger partial charge in [-0.15, -0.1) is 11.3 Å². The first-order valence-corrected chi connectivity index (χ1v) is 7.31. The fourth-order valence-corrected chi connectivity index (χ4v) is 2.90. The fraction of sp³-hybridized carbons (Fsp3) is 0.188. The Morgan fingerprint density at radius 2 is 2.16 bits per heavy atom. The number of hydrogen-bond acceptors (Lipinski definition) is 3. The molecule has 1 N–H and O–H groups in total. The summed E-state index contributed by atoms with van der Waals surface area (Å²) in [6, 6.07) is 15.2. The Kier molecular flexibility index (Phi) is 3.58. The summed E-state index contributed by atoms with van der Waals surface area (Å²) in [5, 5.41) is 6.88. The van der Waals surface area contributed by atoms with Crippen molar-refractivity contribution in [3.05, 3.63) is 64.5 Å². The zero-order valence-electron chi connectivity index (χ0n) is 10.8. The third kappa shape index (κ3) is 2.83. The van der Waals surface area contributed by atoms with Gasteiger partial charge in [0.05, 0.1) is 5.52 Å². The van der Waals surface area contributed by atoms with Crippen LogP contribution in [0.3, 0.4) is 0 Å². The Morgan fingerprint density at radius 1 is 1.21 bits per heavy atom. The number of hydrogen-bond donors (Lipinski definition) is 1. The molecule has 0 aliphatic carbocycles. The first-order valence-electron chi connectivity index (χ1n) is 6.43. The predicted molar refractivity (Wildman–Crippen MR) is 81.3 cm³/mol. The standard InChI is InChI=1S/C16H16N2S/c1-12(16-5-3-9-19-16)18-11-13-6-7-15-14(10-13)4-2-8-17-15/h2-10,12,18H,11H2,1H3/t12-/m1/s1. The molecule has 2 aromatic heterocycles. The van der Waals surface area contributed by atoms with Crippen molar-refractivity contribution in [2.75, 3.05) is 0 Å². The van der Waals surface area contributed by atoms with E-state index in [0.29, 0.717) is 6.04 Å². The van der Waals surface area contributed by atoms with Gasteiger partial charge in [0.15, 0.2) is 0 Å². The van der Waals surface area contributed by atoms with Gasteiger partial charge in [-0.3, -0.25) is 4.98 Å². The molecule has 0 unspecified atom stereocenters. The Labute approximate surface area is 117 Å². The summed E-state index contributed by atoms with van der Waals surface area (Å²) in [4.78, 5) is 5.72. The number of nitrogens with zero attached hydrogens (tertiary/aromatic N) is 1. The van der Waals surface area contributed by atoms with E-state index in [4.69, 9.17) is 0 Å². The van der Waals surface area contributed by atoms with E-state index in [1.54, 1.807) is 11.3 Å². The van der Waals surface area contributed by atoms with Gasteiger partial charge in [0.1, 0.15) is 0 Å². The lowest BCUT2D eigenvalue weighted by molar-refractivity contribution is 0.583. The van der Waals surface area contributed by atoms with E-state index in [1.807, 2.05) is 12.3 Å². The lowest BCUT2D eigenvalue weighted by Gasteiger charge is -2.12. The molecule has 3 aromatic rings. The summed E-state index contributed by atoms with van der Waals surface area (Å²) in [7, 11) is 0. The molecule has 1 atom stereocenters. The lowest BCUT2D eigenvalue weighted by atomic mass is 10.1. The SMILES string of the molecule is C[C@@H](NCc1ccc2ncccc2c1)c1cccs1. The van der Waals surface area contributed by atoms with Gasteiger partial charge in [0, 0.05) is 29.0 Å². The smallest absolute Gasteiger partial charge is 0.0702 e. The minimum atomic E-state index is 0.393. The van der Waals surface area contributed by atoms with E-state index >= 15 is 0 Å². The van der Waals surface area contributed by atoms with Crippen LogP contribution in [0.4, 0.5) is 0 Å². The zero-order valence-corrected chi connectivity index (χ0v) is 11.7. The van der Waals surface area contributed by atoms with Crippen LogP contribution in [0, 0.1) is 0 Å². The van der Waals surface area contributed by atoms with Crippen molar-refractivity contribution in [2.24, 2.45) is 0 Å². The van der Waals surface area contributed by atoms with Crippen molar-refractivity contribution in [1.82, 2.24) is 10.3 Å². The maximum atomic E-state index is 4.34. The molecule has 2 heterocycles. The number of fused-ring (bicyclic) bond motifs is 1. The second-order valence-corrected chi connectivity index (χ2v) is 5.63. The van der Waals surface area contributed by atoms with Crippen molar-refractivity contribution in [3.8, 4) is 0 Å².